The summed E-state index contributed by atoms with van der Waals surface area (Å²) in [7, 11) is 0. The molecule has 0 amide bonds. The number of allylic oxidation sites excluding steroid dienone is 1. The Bertz CT molecular complexity index is 1780. The molecule has 0 aliphatic carbocycles. The van der Waals surface area contributed by atoms with Crippen LogP contribution in [-0.4, -0.2) is 35.1 Å². The number of benzene rings is 1. The first-order valence-corrected chi connectivity index (χ1v) is 11.8. The predicted molar refractivity (Wildman–Crippen MR) is 143 cm³/mol. The first kappa shape index (κ1) is 22.5. The number of hydrogen-bond acceptors (Lipinski definition) is 6. The summed E-state index contributed by atoms with van der Waals surface area (Å²) in [5.41, 5.74) is 8.52. The number of halogens is 1. The lowest BCUT2D eigenvalue weighted by molar-refractivity contribution is 0.627. The highest BCUT2D eigenvalue weighted by atomic mass is 19.1. The van der Waals surface area contributed by atoms with Crippen molar-refractivity contribution in [1.29, 1.82) is 0 Å². The zero-order valence-electron chi connectivity index (χ0n) is 20.3. The average Bonchev–Trinajstić information content (AvgIpc) is 3.51. The van der Waals surface area contributed by atoms with E-state index < -0.39 is 0 Å². The molecule has 0 spiro atoms. The SMILES string of the molecule is C=C(CC)Nc1cncc(-c2cc3c(-c4nc5c(-c6cc(C)cc(F)c6)cncc5[nH]4)n[nH]c3cn2)c1. The van der Waals surface area contributed by atoms with Crippen molar-refractivity contribution in [3.8, 4) is 33.9 Å². The van der Waals surface area contributed by atoms with Gasteiger partial charge in [0.05, 0.1) is 46.5 Å². The number of nitrogens with one attached hydrogen (secondary N) is 3. The summed E-state index contributed by atoms with van der Waals surface area (Å²) in [6.45, 7) is 7.90. The highest BCUT2D eigenvalue weighted by Gasteiger charge is 2.17. The Morgan fingerprint density at radius 1 is 0.973 bits per heavy atom. The molecular weight excluding hydrogens is 467 g/mol. The number of aromatic amines is 2. The molecule has 0 fully saturated rings. The molecule has 8 nitrogen and oxygen atoms in total. The average molecular weight is 491 g/mol. The first-order valence-electron chi connectivity index (χ1n) is 11.8. The second kappa shape index (κ2) is 8.94. The monoisotopic (exact) mass is 490 g/mol. The highest BCUT2D eigenvalue weighted by Crippen LogP contribution is 2.33. The predicted octanol–water partition coefficient (Wildman–Crippen LogP) is 6.41. The number of imidazole rings is 1. The Morgan fingerprint density at radius 3 is 2.68 bits per heavy atom. The van der Waals surface area contributed by atoms with Crippen molar-refractivity contribution in [2.45, 2.75) is 20.3 Å². The van der Waals surface area contributed by atoms with Gasteiger partial charge in [0, 0.05) is 34.6 Å². The van der Waals surface area contributed by atoms with E-state index in [9.17, 15) is 4.39 Å². The van der Waals surface area contributed by atoms with Crippen molar-refractivity contribution < 1.29 is 4.39 Å². The lowest BCUT2D eigenvalue weighted by atomic mass is 10.0. The van der Waals surface area contributed by atoms with E-state index in [1.807, 2.05) is 32.0 Å². The van der Waals surface area contributed by atoms with Crippen molar-refractivity contribution in [2.24, 2.45) is 0 Å². The van der Waals surface area contributed by atoms with Gasteiger partial charge in [-0.3, -0.25) is 20.1 Å². The first-order chi connectivity index (χ1) is 18.0. The molecule has 0 saturated carbocycles. The largest absolute Gasteiger partial charge is 0.358 e. The molecule has 182 valence electrons. The fourth-order valence-electron chi connectivity index (χ4n) is 4.34. The van der Waals surface area contributed by atoms with Gasteiger partial charge in [-0.05, 0) is 48.7 Å². The molecule has 1 aromatic carbocycles. The molecule has 0 saturated heterocycles. The fourth-order valence-corrected chi connectivity index (χ4v) is 4.34. The number of hydrogen-bond donors (Lipinski definition) is 3. The Hall–Kier alpha value is -4.92. The van der Waals surface area contributed by atoms with Gasteiger partial charge in [0.25, 0.3) is 0 Å². The number of rotatable bonds is 6. The van der Waals surface area contributed by atoms with Crippen LogP contribution in [0, 0.1) is 12.7 Å². The van der Waals surface area contributed by atoms with Crippen LogP contribution in [0.3, 0.4) is 0 Å². The number of aromatic nitrogens is 7. The second-order valence-corrected chi connectivity index (χ2v) is 8.92. The molecule has 0 aliphatic heterocycles. The Morgan fingerprint density at radius 2 is 1.84 bits per heavy atom. The molecule has 0 radical (unpaired) electrons. The molecule has 37 heavy (non-hydrogen) atoms. The lowest BCUT2D eigenvalue weighted by Gasteiger charge is -2.08. The maximum absolute atomic E-state index is 14.1. The van der Waals surface area contributed by atoms with Gasteiger partial charge in [0.15, 0.2) is 5.82 Å². The maximum atomic E-state index is 14.1. The minimum atomic E-state index is -0.297. The minimum Gasteiger partial charge on any atom is -0.358 e. The summed E-state index contributed by atoms with van der Waals surface area (Å²) >= 11 is 0. The van der Waals surface area contributed by atoms with Gasteiger partial charge in [0.2, 0.25) is 0 Å². The van der Waals surface area contributed by atoms with Gasteiger partial charge in [-0.25, -0.2) is 9.37 Å². The number of fused-ring (bicyclic) bond motifs is 2. The number of aryl methyl sites for hydroxylation is 1. The molecular formula is C28H23FN8. The van der Waals surface area contributed by atoms with E-state index >= 15 is 0 Å². The number of nitrogens with zero attached hydrogens (tertiary/aromatic N) is 5. The van der Waals surface area contributed by atoms with Gasteiger partial charge in [-0.2, -0.15) is 5.10 Å². The third kappa shape index (κ3) is 4.20. The quantitative estimate of drug-likeness (QED) is 0.249. The van der Waals surface area contributed by atoms with Crippen molar-refractivity contribution in [3.05, 3.63) is 85.0 Å². The minimum absolute atomic E-state index is 0.297. The van der Waals surface area contributed by atoms with Crippen LogP contribution in [-0.2, 0) is 0 Å². The normalized spacial score (nSPS) is 11.3. The van der Waals surface area contributed by atoms with E-state index in [1.165, 1.54) is 12.1 Å². The molecule has 0 bridgehead atoms. The summed E-state index contributed by atoms with van der Waals surface area (Å²) in [6.07, 6.45) is 9.50. The third-order valence-corrected chi connectivity index (χ3v) is 6.20. The standard InChI is InChI=1S/C28H23FN8/c1-4-16(3)33-20-8-18(10-30-11-20)23-9-21-24(14-32-23)36-37-27(21)28-34-25-13-31-12-22(26(25)35-28)17-5-15(2)6-19(29)7-17/h5-14,33H,3-4H2,1-2H3,(H,34,35)(H,36,37). The Balaban J connectivity index is 1.43. The van der Waals surface area contributed by atoms with Gasteiger partial charge in [-0.15, -0.1) is 0 Å². The van der Waals surface area contributed by atoms with Gasteiger partial charge in [-0.1, -0.05) is 19.6 Å². The van der Waals surface area contributed by atoms with E-state index in [0.717, 1.165) is 62.2 Å². The maximum Gasteiger partial charge on any atom is 0.159 e. The van der Waals surface area contributed by atoms with Crippen LogP contribution in [0.25, 0.3) is 55.8 Å². The molecule has 6 rings (SSSR count). The van der Waals surface area contributed by atoms with Crippen molar-refractivity contribution in [1.82, 2.24) is 35.1 Å². The molecule has 9 heteroatoms. The lowest BCUT2D eigenvalue weighted by Crippen LogP contribution is -1.97. The summed E-state index contributed by atoms with van der Waals surface area (Å²) in [5.74, 6) is 0.280. The summed E-state index contributed by atoms with van der Waals surface area (Å²) in [6, 6.07) is 8.86. The molecule has 0 aliphatic rings. The van der Waals surface area contributed by atoms with Crippen LogP contribution in [0.2, 0.25) is 0 Å². The second-order valence-electron chi connectivity index (χ2n) is 8.92. The van der Waals surface area contributed by atoms with Crippen LogP contribution in [0.4, 0.5) is 10.1 Å². The highest BCUT2D eigenvalue weighted by molar-refractivity contribution is 5.97. The van der Waals surface area contributed by atoms with Crippen LogP contribution in [0.15, 0.2) is 73.6 Å². The van der Waals surface area contributed by atoms with Gasteiger partial charge in [0.1, 0.15) is 11.5 Å². The van der Waals surface area contributed by atoms with Crippen LogP contribution >= 0.6 is 0 Å². The van der Waals surface area contributed by atoms with Crippen molar-refractivity contribution in [2.75, 3.05) is 5.32 Å². The van der Waals surface area contributed by atoms with E-state index in [4.69, 9.17) is 4.98 Å². The molecule has 3 N–H and O–H groups in total. The van der Waals surface area contributed by atoms with E-state index in [-0.39, 0.29) is 5.82 Å². The number of H-pyrrole nitrogens is 2. The molecule has 6 aromatic rings. The summed E-state index contributed by atoms with van der Waals surface area (Å²) in [5, 5.41) is 11.7. The molecule has 5 aromatic heterocycles. The van der Waals surface area contributed by atoms with E-state index in [0.29, 0.717) is 17.0 Å². The fraction of sp³-hybridized carbons (Fsp3) is 0.107. The third-order valence-electron chi connectivity index (χ3n) is 6.20. The Kier molecular flexibility index (Phi) is 5.45. The number of pyridine rings is 3. The van der Waals surface area contributed by atoms with Crippen LogP contribution in [0.5, 0.6) is 0 Å². The molecule has 0 unspecified atom stereocenters. The molecule has 0 atom stereocenters. The van der Waals surface area contributed by atoms with E-state index in [2.05, 4.69) is 42.0 Å². The summed E-state index contributed by atoms with van der Waals surface area (Å²) < 4.78 is 14.1. The smallest absolute Gasteiger partial charge is 0.159 e. The van der Waals surface area contributed by atoms with Gasteiger partial charge < -0.3 is 10.3 Å². The van der Waals surface area contributed by atoms with Crippen molar-refractivity contribution >= 4 is 27.6 Å². The van der Waals surface area contributed by atoms with E-state index in [1.54, 1.807) is 31.0 Å². The van der Waals surface area contributed by atoms with Gasteiger partial charge >= 0.3 is 0 Å². The zero-order valence-corrected chi connectivity index (χ0v) is 20.3. The molecule has 5 heterocycles. The van der Waals surface area contributed by atoms with Crippen LogP contribution < -0.4 is 5.32 Å². The topological polar surface area (TPSA) is 108 Å². The number of anilines is 1. The van der Waals surface area contributed by atoms with Crippen molar-refractivity contribution in [3.63, 3.8) is 0 Å². The zero-order chi connectivity index (χ0) is 25.5. The summed E-state index contributed by atoms with van der Waals surface area (Å²) in [4.78, 5) is 21.5. The Labute approximate surface area is 211 Å². The van der Waals surface area contributed by atoms with Crippen LogP contribution in [0.1, 0.15) is 18.9 Å².